The number of nitrogens with one attached hydrogen (secondary N) is 1. The van der Waals surface area contributed by atoms with Crippen molar-refractivity contribution in [3.8, 4) is 0 Å². The summed E-state index contributed by atoms with van der Waals surface area (Å²) in [5.41, 5.74) is 2.11. The first-order chi connectivity index (χ1) is 9.96. The first-order valence-corrected chi connectivity index (χ1v) is 7.18. The van der Waals surface area contributed by atoms with Crippen molar-refractivity contribution in [2.75, 3.05) is 16.9 Å². The Balaban J connectivity index is 3.38. The summed E-state index contributed by atoms with van der Waals surface area (Å²) in [6.45, 7) is 8.97. The molecule has 0 aromatic carbocycles. The minimum Gasteiger partial charge on any atom is -0.348 e. The van der Waals surface area contributed by atoms with E-state index in [0.29, 0.717) is 18.3 Å². The molecule has 1 aromatic heterocycles. The number of hydrazine groups is 1. The summed E-state index contributed by atoms with van der Waals surface area (Å²) in [6, 6.07) is 0.187. The lowest BCUT2D eigenvalue weighted by molar-refractivity contribution is -0.383. The van der Waals surface area contributed by atoms with E-state index in [1.165, 1.54) is 6.33 Å². The normalized spacial score (nSPS) is 11.0. The van der Waals surface area contributed by atoms with Gasteiger partial charge in [0, 0.05) is 12.6 Å². The molecule has 3 N–H and O–H groups in total. The molecule has 0 radical (unpaired) electrons. The van der Waals surface area contributed by atoms with Crippen LogP contribution in [0.15, 0.2) is 6.33 Å². The molecule has 1 rings (SSSR count). The number of nitro groups is 1. The van der Waals surface area contributed by atoms with Gasteiger partial charge in [0.15, 0.2) is 0 Å². The van der Waals surface area contributed by atoms with E-state index in [-0.39, 0.29) is 17.5 Å². The van der Waals surface area contributed by atoms with Crippen molar-refractivity contribution in [2.45, 2.75) is 46.6 Å². The summed E-state index contributed by atoms with van der Waals surface area (Å²) in [6.07, 6.45) is 3.07. The molecule has 0 atom stereocenters. The highest BCUT2D eigenvalue weighted by Crippen LogP contribution is 2.33. The summed E-state index contributed by atoms with van der Waals surface area (Å²) in [7, 11) is 0. The molecular weight excluding hydrogens is 272 g/mol. The van der Waals surface area contributed by atoms with E-state index < -0.39 is 4.92 Å². The van der Waals surface area contributed by atoms with Crippen LogP contribution in [0.1, 0.15) is 40.5 Å². The number of anilines is 2. The quantitative estimate of drug-likeness (QED) is 0.430. The second-order valence-electron chi connectivity index (χ2n) is 5.31. The SMILES string of the molecule is CCC(CC)N(CC(C)C)c1ncnc(NN)c1[N+](=O)[O-]. The van der Waals surface area contributed by atoms with Crippen molar-refractivity contribution in [1.29, 1.82) is 0 Å². The molecule has 8 nitrogen and oxygen atoms in total. The van der Waals surface area contributed by atoms with Crippen LogP contribution in [0.25, 0.3) is 0 Å². The fourth-order valence-electron chi connectivity index (χ4n) is 2.38. The third-order valence-corrected chi connectivity index (χ3v) is 3.34. The first-order valence-electron chi connectivity index (χ1n) is 7.18. The first kappa shape index (κ1) is 17.1. The molecule has 0 bridgehead atoms. The van der Waals surface area contributed by atoms with Gasteiger partial charge in [-0.3, -0.25) is 10.1 Å². The molecular formula is C13H24N6O2. The Morgan fingerprint density at radius 2 is 2.00 bits per heavy atom. The molecule has 1 aromatic rings. The molecule has 0 fully saturated rings. The average Bonchev–Trinajstić information content (AvgIpc) is 2.46. The molecule has 0 spiro atoms. The third kappa shape index (κ3) is 4.01. The summed E-state index contributed by atoms with van der Waals surface area (Å²) < 4.78 is 0. The molecule has 1 heterocycles. The number of hydrogen-bond acceptors (Lipinski definition) is 7. The molecule has 8 heteroatoms. The van der Waals surface area contributed by atoms with E-state index >= 15 is 0 Å². The van der Waals surface area contributed by atoms with E-state index in [4.69, 9.17) is 5.84 Å². The highest BCUT2D eigenvalue weighted by Gasteiger charge is 2.29. The minimum atomic E-state index is -0.486. The minimum absolute atomic E-state index is 0.0321. The fraction of sp³-hybridized carbons (Fsp3) is 0.692. The van der Waals surface area contributed by atoms with Crippen LogP contribution in [0, 0.1) is 16.0 Å². The zero-order valence-corrected chi connectivity index (χ0v) is 13.0. The number of hydrogen-bond donors (Lipinski definition) is 2. The van der Waals surface area contributed by atoms with Crippen molar-refractivity contribution < 1.29 is 4.92 Å². The van der Waals surface area contributed by atoms with Gasteiger partial charge in [0.25, 0.3) is 0 Å². The Kier molecular flexibility index (Phi) is 6.29. The van der Waals surface area contributed by atoms with Crippen molar-refractivity contribution in [3.63, 3.8) is 0 Å². The van der Waals surface area contributed by atoms with Crippen LogP contribution in [0.5, 0.6) is 0 Å². The zero-order valence-electron chi connectivity index (χ0n) is 13.0. The summed E-state index contributed by atoms with van der Waals surface area (Å²) in [5, 5.41) is 11.4. The largest absolute Gasteiger partial charge is 0.354 e. The smallest absolute Gasteiger partial charge is 0.348 e. The molecule has 0 saturated carbocycles. The second kappa shape index (κ2) is 7.72. The average molecular weight is 296 g/mol. The molecule has 21 heavy (non-hydrogen) atoms. The maximum absolute atomic E-state index is 11.4. The van der Waals surface area contributed by atoms with E-state index in [9.17, 15) is 10.1 Å². The Labute approximate surface area is 124 Å². The fourth-order valence-corrected chi connectivity index (χ4v) is 2.38. The van der Waals surface area contributed by atoms with Crippen LogP contribution in [0.2, 0.25) is 0 Å². The van der Waals surface area contributed by atoms with E-state index in [0.717, 1.165) is 12.8 Å². The molecule has 0 aliphatic rings. The number of rotatable bonds is 8. The molecule has 0 amide bonds. The molecule has 0 aliphatic heterocycles. The van der Waals surface area contributed by atoms with Crippen LogP contribution in [0.4, 0.5) is 17.3 Å². The number of nitrogens with zero attached hydrogens (tertiary/aromatic N) is 4. The molecule has 0 unspecified atom stereocenters. The van der Waals surface area contributed by atoms with Gasteiger partial charge >= 0.3 is 5.69 Å². The van der Waals surface area contributed by atoms with Crippen molar-refractivity contribution >= 4 is 17.3 Å². The van der Waals surface area contributed by atoms with Crippen molar-refractivity contribution in [3.05, 3.63) is 16.4 Å². The van der Waals surface area contributed by atoms with Gasteiger partial charge in [-0.25, -0.2) is 15.8 Å². The lowest BCUT2D eigenvalue weighted by Crippen LogP contribution is -2.38. The maximum Gasteiger partial charge on any atom is 0.354 e. The Bertz CT molecular complexity index is 476. The lowest BCUT2D eigenvalue weighted by atomic mass is 10.1. The topological polar surface area (TPSA) is 110 Å². The predicted octanol–water partition coefficient (Wildman–Crippen LogP) is 2.32. The van der Waals surface area contributed by atoms with Crippen molar-refractivity contribution in [2.24, 2.45) is 11.8 Å². The highest BCUT2D eigenvalue weighted by molar-refractivity contribution is 5.70. The number of aromatic nitrogens is 2. The number of nitrogen functional groups attached to an aromatic ring is 1. The van der Waals surface area contributed by atoms with Crippen molar-refractivity contribution in [1.82, 2.24) is 9.97 Å². The van der Waals surface area contributed by atoms with Gasteiger partial charge in [0.2, 0.25) is 11.6 Å². The summed E-state index contributed by atoms with van der Waals surface area (Å²) >= 11 is 0. The van der Waals surface area contributed by atoms with Gasteiger partial charge in [-0.1, -0.05) is 27.7 Å². The van der Waals surface area contributed by atoms with Crippen LogP contribution in [0.3, 0.4) is 0 Å². The van der Waals surface area contributed by atoms with Gasteiger partial charge < -0.3 is 10.3 Å². The third-order valence-electron chi connectivity index (χ3n) is 3.34. The van der Waals surface area contributed by atoms with Gasteiger partial charge in [-0.2, -0.15) is 0 Å². The zero-order chi connectivity index (χ0) is 16.0. The predicted molar refractivity (Wildman–Crippen MR) is 83.1 cm³/mol. The van der Waals surface area contributed by atoms with Gasteiger partial charge in [-0.05, 0) is 18.8 Å². The van der Waals surface area contributed by atoms with Gasteiger partial charge in [-0.15, -0.1) is 0 Å². The summed E-state index contributed by atoms with van der Waals surface area (Å²) in [4.78, 5) is 20.9. The standard InChI is InChI=1S/C13H24N6O2/c1-5-10(6-2)18(7-9(3)4)13-11(19(20)21)12(17-14)15-8-16-13/h8-10H,5-7,14H2,1-4H3,(H,15,16,17). The Hall–Kier alpha value is -1.96. The van der Waals surface area contributed by atoms with Crippen LogP contribution in [-0.4, -0.2) is 27.5 Å². The number of nitrogens with two attached hydrogens (primary N) is 1. The van der Waals surface area contributed by atoms with Crippen LogP contribution < -0.4 is 16.2 Å². The van der Waals surface area contributed by atoms with E-state index in [1.807, 2.05) is 4.90 Å². The molecule has 0 saturated heterocycles. The second-order valence-corrected chi connectivity index (χ2v) is 5.31. The monoisotopic (exact) mass is 296 g/mol. The van der Waals surface area contributed by atoms with Gasteiger partial charge in [0.1, 0.15) is 6.33 Å². The van der Waals surface area contributed by atoms with E-state index in [1.54, 1.807) is 0 Å². The van der Waals surface area contributed by atoms with E-state index in [2.05, 4.69) is 43.1 Å². The highest BCUT2D eigenvalue weighted by atomic mass is 16.6. The molecule has 118 valence electrons. The van der Waals surface area contributed by atoms with Gasteiger partial charge in [0.05, 0.1) is 4.92 Å². The Morgan fingerprint density at radius 3 is 2.43 bits per heavy atom. The Morgan fingerprint density at radius 1 is 1.38 bits per heavy atom. The molecule has 0 aliphatic carbocycles. The maximum atomic E-state index is 11.4. The van der Waals surface area contributed by atoms with Crippen LogP contribution in [-0.2, 0) is 0 Å². The van der Waals surface area contributed by atoms with Crippen LogP contribution >= 0.6 is 0 Å². The summed E-state index contributed by atoms with van der Waals surface area (Å²) in [5.74, 6) is 6.05. The lowest BCUT2D eigenvalue weighted by Gasteiger charge is -2.32.